The van der Waals surface area contributed by atoms with Gasteiger partial charge in [-0.25, -0.2) is 15.8 Å². The van der Waals surface area contributed by atoms with Gasteiger partial charge in [0.05, 0.1) is 0 Å². The van der Waals surface area contributed by atoms with Gasteiger partial charge in [-0.15, -0.1) is 0 Å². The average molecular weight is 281 g/mol. The minimum Gasteiger partial charge on any atom is -0.367 e. The van der Waals surface area contributed by atoms with Crippen LogP contribution in [0.3, 0.4) is 0 Å². The van der Waals surface area contributed by atoms with Crippen LogP contribution in [0.5, 0.6) is 0 Å². The number of hydrazine groups is 1. The van der Waals surface area contributed by atoms with Crippen molar-refractivity contribution in [1.82, 2.24) is 9.97 Å². The van der Waals surface area contributed by atoms with Gasteiger partial charge >= 0.3 is 0 Å². The Kier molecular flexibility index (Phi) is 4.87. The second kappa shape index (κ2) is 6.43. The molecule has 1 aliphatic rings. The van der Waals surface area contributed by atoms with Crippen LogP contribution in [0.2, 0.25) is 0 Å². The van der Waals surface area contributed by atoms with E-state index in [0.717, 1.165) is 35.2 Å². The van der Waals surface area contributed by atoms with E-state index in [9.17, 15) is 0 Å². The van der Waals surface area contributed by atoms with Crippen LogP contribution in [0.25, 0.3) is 0 Å². The van der Waals surface area contributed by atoms with E-state index in [1.54, 1.807) is 0 Å². The van der Waals surface area contributed by atoms with Gasteiger partial charge in [0.25, 0.3) is 0 Å². The lowest BCUT2D eigenvalue weighted by Crippen LogP contribution is -2.20. The Morgan fingerprint density at radius 2 is 2.05 bits per heavy atom. The number of anilines is 2. The maximum absolute atomic E-state index is 5.55. The minimum atomic E-state index is 0.402. The van der Waals surface area contributed by atoms with Crippen LogP contribution in [-0.4, -0.2) is 28.0 Å². The highest BCUT2D eigenvalue weighted by Gasteiger charge is 2.28. The van der Waals surface area contributed by atoms with Crippen molar-refractivity contribution in [1.29, 1.82) is 0 Å². The molecule has 5 nitrogen and oxygen atoms in total. The van der Waals surface area contributed by atoms with Gasteiger partial charge in [-0.3, -0.25) is 0 Å². The van der Waals surface area contributed by atoms with Crippen LogP contribution < -0.4 is 16.6 Å². The first-order chi connectivity index (χ1) is 9.15. The smallest absolute Gasteiger partial charge is 0.148 e. The summed E-state index contributed by atoms with van der Waals surface area (Å²) < 4.78 is 0. The molecule has 1 aromatic heterocycles. The SMILES string of the molecule is CSCCC(C)Nc1nc(C2CC2)nc(NN)c1C. The lowest BCUT2D eigenvalue weighted by molar-refractivity contribution is 0.760. The van der Waals surface area contributed by atoms with Crippen LogP contribution in [0.1, 0.15) is 43.5 Å². The molecule has 0 aliphatic heterocycles. The van der Waals surface area contributed by atoms with E-state index in [1.165, 1.54) is 12.8 Å². The molecule has 19 heavy (non-hydrogen) atoms. The second-order valence-corrected chi connectivity index (χ2v) is 6.14. The minimum absolute atomic E-state index is 0.402. The molecule has 1 heterocycles. The molecule has 106 valence electrons. The molecule has 2 rings (SSSR count). The topological polar surface area (TPSA) is 75.9 Å². The summed E-state index contributed by atoms with van der Waals surface area (Å²) in [5.41, 5.74) is 3.67. The number of nitrogens with zero attached hydrogens (tertiary/aromatic N) is 2. The quantitative estimate of drug-likeness (QED) is 0.526. The first kappa shape index (κ1) is 14.4. The lowest BCUT2D eigenvalue weighted by Gasteiger charge is -2.18. The number of nitrogen functional groups attached to an aromatic ring is 1. The number of rotatable bonds is 7. The van der Waals surface area contributed by atoms with Gasteiger partial charge in [-0.1, -0.05) is 0 Å². The van der Waals surface area contributed by atoms with E-state index in [4.69, 9.17) is 5.84 Å². The molecular formula is C13H23N5S. The average Bonchev–Trinajstić information content (AvgIpc) is 3.23. The van der Waals surface area contributed by atoms with E-state index in [2.05, 4.69) is 33.9 Å². The van der Waals surface area contributed by atoms with Crippen LogP contribution in [0, 0.1) is 6.92 Å². The number of hydrogen-bond acceptors (Lipinski definition) is 6. The largest absolute Gasteiger partial charge is 0.367 e. The van der Waals surface area contributed by atoms with Crippen molar-refractivity contribution in [2.75, 3.05) is 22.8 Å². The highest BCUT2D eigenvalue weighted by molar-refractivity contribution is 7.98. The molecule has 1 atom stereocenters. The summed E-state index contributed by atoms with van der Waals surface area (Å²) in [6.07, 6.45) is 5.63. The third kappa shape index (κ3) is 3.73. The van der Waals surface area contributed by atoms with Crippen molar-refractivity contribution in [3.63, 3.8) is 0 Å². The maximum atomic E-state index is 5.55. The Morgan fingerprint density at radius 1 is 1.37 bits per heavy atom. The molecule has 1 fully saturated rings. The van der Waals surface area contributed by atoms with E-state index in [0.29, 0.717) is 12.0 Å². The fourth-order valence-electron chi connectivity index (χ4n) is 1.94. The molecule has 0 radical (unpaired) electrons. The molecule has 1 unspecified atom stereocenters. The van der Waals surface area contributed by atoms with Crippen molar-refractivity contribution < 1.29 is 0 Å². The standard InChI is InChI=1S/C13H23N5S/c1-8(6-7-19-3)15-11-9(2)12(18-14)17-13(16-11)10-4-5-10/h8,10H,4-7,14H2,1-3H3,(H2,15,16,17,18). The van der Waals surface area contributed by atoms with Crippen molar-refractivity contribution in [2.24, 2.45) is 5.84 Å². The van der Waals surface area contributed by atoms with Gasteiger partial charge in [-0.2, -0.15) is 11.8 Å². The Morgan fingerprint density at radius 3 is 2.63 bits per heavy atom. The highest BCUT2D eigenvalue weighted by Crippen LogP contribution is 2.39. The van der Waals surface area contributed by atoms with E-state index >= 15 is 0 Å². The predicted molar refractivity (Wildman–Crippen MR) is 82.6 cm³/mol. The Balaban J connectivity index is 2.15. The summed E-state index contributed by atoms with van der Waals surface area (Å²) in [6.45, 7) is 4.18. The monoisotopic (exact) mass is 281 g/mol. The van der Waals surface area contributed by atoms with Crippen molar-refractivity contribution in [2.45, 2.75) is 45.1 Å². The third-order valence-electron chi connectivity index (χ3n) is 3.38. The summed E-state index contributed by atoms with van der Waals surface area (Å²) in [5, 5.41) is 3.48. The molecule has 0 bridgehead atoms. The van der Waals surface area contributed by atoms with Gasteiger partial charge in [-0.05, 0) is 45.1 Å². The molecule has 1 saturated carbocycles. The number of nitrogens with two attached hydrogens (primary N) is 1. The van der Waals surface area contributed by atoms with Gasteiger partial charge in [0.2, 0.25) is 0 Å². The zero-order valence-corrected chi connectivity index (χ0v) is 12.7. The Bertz CT molecular complexity index is 433. The van der Waals surface area contributed by atoms with Crippen molar-refractivity contribution in [3.05, 3.63) is 11.4 Å². The molecule has 1 aliphatic carbocycles. The van der Waals surface area contributed by atoms with Crippen molar-refractivity contribution in [3.8, 4) is 0 Å². The second-order valence-electron chi connectivity index (χ2n) is 5.15. The number of hydrogen-bond donors (Lipinski definition) is 3. The summed E-state index contributed by atoms with van der Waals surface area (Å²) in [4.78, 5) is 9.16. The molecule has 0 spiro atoms. The lowest BCUT2D eigenvalue weighted by atomic mass is 10.2. The zero-order valence-electron chi connectivity index (χ0n) is 11.9. The van der Waals surface area contributed by atoms with Crippen LogP contribution >= 0.6 is 11.8 Å². The van der Waals surface area contributed by atoms with E-state index < -0.39 is 0 Å². The molecular weight excluding hydrogens is 258 g/mol. The maximum Gasteiger partial charge on any atom is 0.148 e. The number of thioether (sulfide) groups is 1. The molecule has 0 aromatic carbocycles. The molecule has 6 heteroatoms. The normalized spacial score (nSPS) is 16.2. The molecule has 1 aromatic rings. The molecule has 0 amide bonds. The first-order valence-corrected chi connectivity index (χ1v) is 8.15. The van der Waals surface area contributed by atoms with Crippen LogP contribution in [-0.2, 0) is 0 Å². The number of aromatic nitrogens is 2. The van der Waals surface area contributed by atoms with Gasteiger partial charge in [0, 0.05) is 17.5 Å². The number of nitrogens with one attached hydrogen (secondary N) is 2. The highest BCUT2D eigenvalue weighted by atomic mass is 32.2. The molecule has 4 N–H and O–H groups in total. The van der Waals surface area contributed by atoms with Crippen LogP contribution in [0.15, 0.2) is 0 Å². The first-order valence-electron chi connectivity index (χ1n) is 6.76. The Hall–Kier alpha value is -1.01. The van der Waals surface area contributed by atoms with Gasteiger partial charge in [0.15, 0.2) is 0 Å². The zero-order chi connectivity index (χ0) is 13.8. The van der Waals surface area contributed by atoms with E-state index in [-0.39, 0.29) is 0 Å². The summed E-state index contributed by atoms with van der Waals surface area (Å²) in [5.74, 6) is 9.78. The summed E-state index contributed by atoms with van der Waals surface area (Å²) >= 11 is 1.87. The van der Waals surface area contributed by atoms with Crippen molar-refractivity contribution >= 4 is 23.4 Å². The fourth-order valence-corrected chi connectivity index (χ4v) is 2.53. The third-order valence-corrected chi connectivity index (χ3v) is 4.02. The van der Waals surface area contributed by atoms with E-state index in [1.807, 2.05) is 18.7 Å². The summed E-state index contributed by atoms with van der Waals surface area (Å²) in [7, 11) is 0. The van der Waals surface area contributed by atoms with Crippen LogP contribution in [0.4, 0.5) is 11.6 Å². The predicted octanol–water partition coefficient (Wildman–Crippen LogP) is 2.50. The summed E-state index contributed by atoms with van der Waals surface area (Å²) in [6, 6.07) is 0.402. The Labute approximate surface area is 119 Å². The van der Waals surface area contributed by atoms with Gasteiger partial charge < -0.3 is 10.7 Å². The van der Waals surface area contributed by atoms with Gasteiger partial charge in [0.1, 0.15) is 17.5 Å². The molecule has 0 saturated heterocycles. The fraction of sp³-hybridized carbons (Fsp3) is 0.692.